The van der Waals surface area contributed by atoms with E-state index >= 15 is 0 Å². The fourth-order valence-electron chi connectivity index (χ4n) is 2.25. The van der Waals surface area contributed by atoms with E-state index in [0.29, 0.717) is 6.04 Å². The molecule has 2 nitrogen and oxygen atoms in total. The number of hydrogen-bond donors (Lipinski definition) is 1. The van der Waals surface area contributed by atoms with Crippen molar-refractivity contribution >= 4 is 11.6 Å². The van der Waals surface area contributed by atoms with Crippen LogP contribution >= 0.6 is 11.6 Å². The van der Waals surface area contributed by atoms with Crippen LogP contribution in [0, 0.1) is 0 Å². The van der Waals surface area contributed by atoms with E-state index in [-0.39, 0.29) is 0 Å². The van der Waals surface area contributed by atoms with E-state index in [1.165, 1.54) is 24.8 Å². The van der Waals surface area contributed by atoms with Crippen LogP contribution in [-0.4, -0.2) is 30.6 Å². The van der Waals surface area contributed by atoms with Crippen molar-refractivity contribution in [1.29, 1.82) is 0 Å². The molecule has 100 valence electrons. The summed E-state index contributed by atoms with van der Waals surface area (Å²) in [6, 6.07) is 9.54. The van der Waals surface area contributed by atoms with Crippen molar-refractivity contribution < 1.29 is 0 Å². The van der Waals surface area contributed by atoms with E-state index in [4.69, 9.17) is 11.6 Å². The lowest BCUT2D eigenvalue weighted by Crippen LogP contribution is -2.40. The Morgan fingerprint density at radius 1 is 1.44 bits per heavy atom. The van der Waals surface area contributed by atoms with E-state index in [1.807, 2.05) is 12.1 Å². The number of nitrogens with zero attached hydrogens (tertiary/aromatic N) is 1. The first-order chi connectivity index (χ1) is 8.69. The Bertz CT molecular complexity index is 377. The molecule has 1 N–H and O–H groups in total. The molecule has 1 saturated carbocycles. The first kappa shape index (κ1) is 13.9. The minimum atomic E-state index is 0.601. The van der Waals surface area contributed by atoms with Gasteiger partial charge in [-0.15, -0.1) is 0 Å². The molecule has 18 heavy (non-hydrogen) atoms. The third-order valence-corrected chi connectivity index (χ3v) is 3.87. The van der Waals surface area contributed by atoms with Gasteiger partial charge in [-0.2, -0.15) is 0 Å². The molecule has 0 spiro atoms. The fraction of sp³-hybridized carbons (Fsp3) is 0.600. The van der Waals surface area contributed by atoms with Gasteiger partial charge in [0.25, 0.3) is 0 Å². The summed E-state index contributed by atoms with van der Waals surface area (Å²) in [6.45, 7) is 4.32. The van der Waals surface area contributed by atoms with Gasteiger partial charge in [0.05, 0.1) is 0 Å². The van der Waals surface area contributed by atoms with E-state index in [2.05, 4.69) is 36.3 Å². The number of likely N-dealkylation sites (N-methyl/N-ethyl adjacent to an activating group) is 1. The normalized spacial score (nSPS) is 17.1. The standard InChI is InChI=1S/C15H23ClN2/c1-3-15(10-17-14-7-8-14)18(2)11-12-5-4-6-13(16)9-12/h4-6,9,14-15,17H,3,7-8,10-11H2,1-2H3. The number of hydrogen-bond acceptors (Lipinski definition) is 2. The SMILES string of the molecule is CCC(CNC1CC1)N(C)Cc1cccc(Cl)c1. The lowest BCUT2D eigenvalue weighted by Gasteiger charge is -2.27. The summed E-state index contributed by atoms with van der Waals surface area (Å²) in [7, 11) is 2.20. The smallest absolute Gasteiger partial charge is 0.0409 e. The van der Waals surface area contributed by atoms with Gasteiger partial charge < -0.3 is 5.32 Å². The number of nitrogens with one attached hydrogen (secondary N) is 1. The molecule has 0 saturated heterocycles. The fourth-order valence-corrected chi connectivity index (χ4v) is 2.47. The zero-order valence-corrected chi connectivity index (χ0v) is 12.1. The predicted molar refractivity (Wildman–Crippen MR) is 78.0 cm³/mol. The van der Waals surface area contributed by atoms with Crippen molar-refractivity contribution in [2.24, 2.45) is 0 Å². The predicted octanol–water partition coefficient (Wildman–Crippen LogP) is 3.30. The zero-order chi connectivity index (χ0) is 13.0. The maximum atomic E-state index is 6.02. The molecule has 0 amide bonds. The highest BCUT2D eigenvalue weighted by molar-refractivity contribution is 6.30. The molecule has 1 unspecified atom stereocenters. The molecule has 1 aliphatic carbocycles. The molecular weight excluding hydrogens is 244 g/mol. The molecule has 1 aromatic rings. The molecule has 0 aliphatic heterocycles. The number of rotatable bonds is 7. The largest absolute Gasteiger partial charge is 0.312 e. The van der Waals surface area contributed by atoms with Crippen molar-refractivity contribution in [3.8, 4) is 0 Å². The zero-order valence-electron chi connectivity index (χ0n) is 11.3. The molecule has 0 radical (unpaired) electrons. The van der Waals surface area contributed by atoms with E-state index in [1.54, 1.807) is 0 Å². The van der Waals surface area contributed by atoms with E-state index in [9.17, 15) is 0 Å². The molecule has 0 bridgehead atoms. The molecule has 1 fully saturated rings. The minimum Gasteiger partial charge on any atom is -0.312 e. The average Bonchev–Trinajstić information content (AvgIpc) is 3.14. The highest BCUT2D eigenvalue weighted by Gasteiger charge is 2.22. The van der Waals surface area contributed by atoms with Gasteiger partial charge in [-0.3, -0.25) is 4.90 Å². The highest BCUT2D eigenvalue weighted by Crippen LogP contribution is 2.19. The number of benzene rings is 1. The summed E-state index contributed by atoms with van der Waals surface area (Å²) in [5, 5.41) is 4.44. The molecule has 1 atom stereocenters. The van der Waals surface area contributed by atoms with Crippen molar-refractivity contribution in [3.63, 3.8) is 0 Å². The van der Waals surface area contributed by atoms with Crippen LogP contribution in [0.4, 0.5) is 0 Å². The quantitative estimate of drug-likeness (QED) is 0.815. The van der Waals surface area contributed by atoms with Crippen LogP contribution in [0.25, 0.3) is 0 Å². The molecule has 0 heterocycles. The Morgan fingerprint density at radius 2 is 2.22 bits per heavy atom. The first-order valence-electron chi connectivity index (χ1n) is 6.87. The summed E-state index contributed by atoms with van der Waals surface area (Å²) in [4.78, 5) is 2.42. The van der Waals surface area contributed by atoms with Crippen LogP contribution in [0.2, 0.25) is 5.02 Å². The summed E-state index contributed by atoms with van der Waals surface area (Å²) in [5.41, 5.74) is 1.29. The summed E-state index contributed by atoms with van der Waals surface area (Å²) >= 11 is 6.02. The third-order valence-electron chi connectivity index (χ3n) is 3.64. The maximum absolute atomic E-state index is 6.02. The van der Waals surface area contributed by atoms with Crippen LogP contribution in [0.15, 0.2) is 24.3 Å². The molecule has 0 aromatic heterocycles. The van der Waals surface area contributed by atoms with Crippen molar-refractivity contribution in [2.75, 3.05) is 13.6 Å². The summed E-state index contributed by atoms with van der Waals surface area (Å²) < 4.78 is 0. The van der Waals surface area contributed by atoms with E-state index < -0.39 is 0 Å². The molecule has 1 aromatic carbocycles. The van der Waals surface area contributed by atoms with Crippen LogP contribution in [0.1, 0.15) is 31.7 Å². The van der Waals surface area contributed by atoms with Crippen molar-refractivity contribution in [1.82, 2.24) is 10.2 Å². The van der Waals surface area contributed by atoms with Crippen LogP contribution in [0.5, 0.6) is 0 Å². The summed E-state index contributed by atoms with van der Waals surface area (Å²) in [5.74, 6) is 0. The maximum Gasteiger partial charge on any atom is 0.0409 e. The molecule has 2 rings (SSSR count). The van der Waals surface area contributed by atoms with Crippen LogP contribution in [-0.2, 0) is 6.54 Å². The van der Waals surface area contributed by atoms with Crippen molar-refractivity contribution in [3.05, 3.63) is 34.9 Å². The average molecular weight is 267 g/mol. The number of halogens is 1. The Labute approximate surface area is 115 Å². The van der Waals surface area contributed by atoms with Gasteiger partial charge in [0.1, 0.15) is 0 Å². The lowest BCUT2D eigenvalue weighted by molar-refractivity contribution is 0.221. The first-order valence-corrected chi connectivity index (χ1v) is 7.25. The molecular formula is C15H23ClN2. The highest BCUT2D eigenvalue weighted by atomic mass is 35.5. The minimum absolute atomic E-state index is 0.601. The second kappa shape index (κ2) is 6.55. The van der Waals surface area contributed by atoms with Gasteiger partial charge in [-0.1, -0.05) is 30.7 Å². The van der Waals surface area contributed by atoms with Gasteiger partial charge >= 0.3 is 0 Å². The van der Waals surface area contributed by atoms with Gasteiger partial charge in [-0.25, -0.2) is 0 Å². The molecule has 3 heteroatoms. The summed E-state index contributed by atoms with van der Waals surface area (Å²) in [6.07, 6.45) is 3.89. The van der Waals surface area contributed by atoms with E-state index in [0.717, 1.165) is 24.2 Å². The van der Waals surface area contributed by atoms with Crippen LogP contribution in [0.3, 0.4) is 0 Å². The van der Waals surface area contributed by atoms with Crippen molar-refractivity contribution in [2.45, 2.75) is 44.8 Å². The monoisotopic (exact) mass is 266 g/mol. The Kier molecular flexibility index (Phi) is 5.04. The second-order valence-electron chi connectivity index (χ2n) is 5.29. The Balaban J connectivity index is 1.85. The lowest BCUT2D eigenvalue weighted by atomic mass is 10.1. The van der Waals surface area contributed by atoms with Gasteiger partial charge in [0.15, 0.2) is 0 Å². The Hall–Kier alpha value is -0.570. The van der Waals surface area contributed by atoms with Gasteiger partial charge in [0, 0.05) is 30.2 Å². The van der Waals surface area contributed by atoms with Gasteiger partial charge in [-0.05, 0) is 44.0 Å². The Morgan fingerprint density at radius 3 is 2.83 bits per heavy atom. The second-order valence-corrected chi connectivity index (χ2v) is 5.73. The topological polar surface area (TPSA) is 15.3 Å². The molecule has 1 aliphatic rings. The van der Waals surface area contributed by atoms with Crippen LogP contribution < -0.4 is 5.32 Å². The van der Waals surface area contributed by atoms with Gasteiger partial charge in [0.2, 0.25) is 0 Å². The third kappa shape index (κ3) is 4.27.